The monoisotopic (exact) mass is 550 g/mol. The molecule has 3 aromatic carbocycles. The minimum Gasteiger partial charge on any atom is -0.491 e. The van der Waals surface area contributed by atoms with Crippen LogP contribution in [0.5, 0.6) is 5.75 Å². The third-order valence-electron chi connectivity index (χ3n) is 5.87. The molecule has 4 aromatic rings. The van der Waals surface area contributed by atoms with Crippen LogP contribution in [0, 0.1) is 6.92 Å². The third-order valence-corrected chi connectivity index (χ3v) is 7.19. The first-order valence-electron chi connectivity index (χ1n) is 12.9. The van der Waals surface area contributed by atoms with Gasteiger partial charge in [0.05, 0.1) is 49.1 Å². The maximum Gasteiger partial charge on any atom is 0.297 e. The van der Waals surface area contributed by atoms with Crippen LogP contribution in [0.4, 0.5) is 5.69 Å². The van der Waals surface area contributed by atoms with E-state index in [1.54, 1.807) is 12.1 Å². The summed E-state index contributed by atoms with van der Waals surface area (Å²) < 4.78 is 46.0. The van der Waals surface area contributed by atoms with Crippen LogP contribution in [-0.2, 0) is 23.8 Å². The van der Waals surface area contributed by atoms with Crippen molar-refractivity contribution in [3.8, 4) is 17.0 Å². The fraction of sp³-hybridized carbons (Fsp3) is 0.300. The van der Waals surface area contributed by atoms with Gasteiger partial charge in [-0.1, -0.05) is 35.9 Å². The minimum atomic E-state index is -3.77. The molecule has 39 heavy (non-hydrogen) atoms. The van der Waals surface area contributed by atoms with Crippen molar-refractivity contribution < 1.29 is 26.8 Å². The zero-order valence-electron chi connectivity index (χ0n) is 22.3. The molecule has 0 aliphatic rings. The van der Waals surface area contributed by atoms with Crippen LogP contribution in [0.15, 0.2) is 83.8 Å². The van der Waals surface area contributed by atoms with Crippen molar-refractivity contribution >= 4 is 26.7 Å². The summed E-state index contributed by atoms with van der Waals surface area (Å²) >= 11 is 0. The number of anilines is 1. The van der Waals surface area contributed by atoms with E-state index in [4.69, 9.17) is 23.4 Å². The summed E-state index contributed by atoms with van der Waals surface area (Å²) in [6, 6.07) is 24.7. The van der Waals surface area contributed by atoms with E-state index in [1.165, 1.54) is 12.1 Å². The second-order valence-electron chi connectivity index (χ2n) is 8.82. The molecule has 1 heterocycles. The second-order valence-corrected chi connectivity index (χ2v) is 10.4. The molecule has 0 atom stereocenters. The van der Waals surface area contributed by atoms with E-state index in [-0.39, 0.29) is 18.1 Å². The molecule has 0 aliphatic carbocycles. The summed E-state index contributed by atoms with van der Waals surface area (Å²) in [6.07, 6.45) is 0. The standard InChI is InChI=1S/C30H34N2O6S/c1-3-31-26-9-6-24(7-10-26)29-14-8-25-22-27(11-15-30(25)32-29)37-20-18-35-16-17-36-19-21-38-39(33,34)28-12-4-23(2)5-13-28/h4-15,22,31H,3,16-21H2,1-2H3. The Morgan fingerprint density at radius 2 is 1.46 bits per heavy atom. The van der Waals surface area contributed by atoms with Gasteiger partial charge < -0.3 is 19.5 Å². The molecule has 206 valence electrons. The van der Waals surface area contributed by atoms with Gasteiger partial charge in [0.25, 0.3) is 10.1 Å². The van der Waals surface area contributed by atoms with Gasteiger partial charge in [-0.15, -0.1) is 0 Å². The molecule has 0 amide bonds. The summed E-state index contributed by atoms with van der Waals surface area (Å²) in [6.45, 7) is 6.45. The number of aryl methyl sites for hydroxylation is 1. The average molecular weight is 551 g/mol. The fourth-order valence-electron chi connectivity index (χ4n) is 3.83. The Labute approximate surface area is 230 Å². The first-order chi connectivity index (χ1) is 18.9. The zero-order valence-corrected chi connectivity index (χ0v) is 23.1. The number of ether oxygens (including phenoxy) is 3. The quantitative estimate of drug-likeness (QED) is 0.154. The second kappa shape index (κ2) is 14.0. The lowest BCUT2D eigenvalue weighted by molar-refractivity contribution is 0.0279. The van der Waals surface area contributed by atoms with E-state index in [0.29, 0.717) is 26.4 Å². The summed E-state index contributed by atoms with van der Waals surface area (Å²) in [7, 11) is -3.77. The summed E-state index contributed by atoms with van der Waals surface area (Å²) in [5, 5.41) is 4.30. The smallest absolute Gasteiger partial charge is 0.297 e. The maximum absolute atomic E-state index is 12.1. The molecule has 0 bridgehead atoms. The van der Waals surface area contributed by atoms with E-state index in [1.807, 2.05) is 37.3 Å². The van der Waals surface area contributed by atoms with E-state index < -0.39 is 10.1 Å². The van der Waals surface area contributed by atoms with Crippen LogP contribution >= 0.6 is 0 Å². The Morgan fingerprint density at radius 3 is 2.18 bits per heavy atom. The molecule has 0 radical (unpaired) electrons. The molecule has 0 unspecified atom stereocenters. The zero-order chi connectivity index (χ0) is 27.5. The van der Waals surface area contributed by atoms with Gasteiger partial charge in [0.15, 0.2) is 0 Å². The van der Waals surface area contributed by atoms with Crippen LogP contribution in [0.3, 0.4) is 0 Å². The van der Waals surface area contributed by atoms with Gasteiger partial charge in [-0.3, -0.25) is 4.18 Å². The SMILES string of the molecule is CCNc1ccc(-c2ccc3cc(OCCOCCOCCOS(=O)(=O)c4ccc(C)cc4)ccc3n2)cc1. The highest BCUT2D eigenvalue weighted by atomic mass is 32.2. The van der Waals surface area contributed by atoms with Crippen LogP contribution in [0.25, 0.3) is 22.2 Å². The number of rotatable bonds is 15. The molecule has 0 spiro atoms. The molecule has 0 fully saturated rings. The van der Waals surface area contributed by atoms with Crippen molar-refractivity contribution in [2.45, 2.75) is 18.7 Å². The highest BCUT2D eigenvalue weighted by molar-refractivity contribution is 7.86. The fourth-order valence-corrected chi connectivity index (χ4v) is 4.73. The number of benzene rings is 3. The number of fused-ring (bicyclic) bond motifs is 1. The molecule has 4 rings (SSSR count). The Kier molecular flexibility index (Phi) is 10.3. The molecule has 1 N–H and O–H groups in total. The van der Waals surface area contributed by atoms with Gasteiger partial charge in [-0.2, -0.15) is 8.42 Å². The molecule has 8 nitrogen and oxygen atoms in total. The predicted octanol–water partition coefficient (Wildman–Crippen LogP) is 5.46. The van der Waals surface area contributed by atoms with Gasteiger partial charge in [0.2, 0.25) is 0 Å². The van der Waals surface area contributed by atoms with Gasteiger partial charge in [-0.05, 0) is 62.4 Å². The topological polar surface area (TPSA) is 96.0 Å². The van der Waals surface area contributed by atoms with Crippen LogP contribution in [-0.4, -0.2) is 59.6 Å². The first kappa shape index (κ1) is 28.5. The number of nitrogens with one attached hydrogen (secondary N) is 1. The Bertz CT molecular complexity index is 1440. The Hall–Kier alpha value is -3.50. The Morgan fingerprint density at radius 1 is 0.769 bits per heavy atom. The molecular formula is C30H34N2O6S. The van der Waals surface area contributed by atoms with Crippen LogP contribution in [0.1, 0.15) is 12.5 Å². The number of hydrogen-bond acceptors (Lipinski definition) is 8. The van der Waals surface area contributed by atoms with Gasteiger partial charge in [-0.25, -0.2) is 4.98 Å². The maximum atomic E-state index is 12.1. The highest BCUT2D eigenvalue weighted by Gasteiger charge is 2.14. The summed E-state index contributed by atoms with van der Waals surface area (Å²) in [4.78, 5) is 4.92. The normalized spacial score (nSPS) is 11.5. The van der Waals surface area contributed by atoms with E-state index >= 15 is 0 Å². The third kappa shape index (κ3) is 8.49. The van der Waals surface area contributed by atoms with E-state index in [9.17, 15) is 8.42 Å². The van der Waals surface area contributed by atoms with Crippen molar-refractivity contribution in [3.05, 3.63) is 84.4 Å². The molecular weight excluding hydrogens is 516 g/mol. The lowest BCUT2D eigenvalue weighted by atomic mass is 10.1. The number of hydrogen-bond donors (Lipinski definition) is 1. The first-order valence-corrected chi connectivity index (χ1v) is 14.3. The molecule has 1 aromatic heterocycles. The minimum absolute atomic E-state index is 0.0552. The average Bonchev–Trinajstić information content (AvgIpc) is 2.94. The van der Waals surface area contributed by atoms with Crippen molar-refractivity contribution in [1.82, 2.24) is 4.98 Å². The van der Waals surface area contributed by atoms with Gasteiger partial charge in [0, 0.05) is 23.2 Å². The van der Waals surface area contributed by atoms with Gasteiger partial charge >= 0.3 is 0 Å². The summed E-state index contributed by atoms with van der Waals surface area (Å²) in [5.74, 6) is 0.749. The van der Waals surface area contributed by atoms with Crippen molar-refractivity contribution in [3.63, 3.8) is 0 Å². The number of pyridine rings is 1. The largest absolute Gasteiger partial charge is 0.491 e. The lowest BCUT2D eigenvalue weighted by Crippen LogP contribution is -2.14. The van der Waals surface area contributed by atoms with Crippen molar-refractivity contribution in [1.29, 1.82) is 0 Å². The lowest BCUT2D eigenvalue weighted by Gasteiger charge is -2.10. The molecule has 0 saturated heterocycles. The van der Waals surface area contributed by atoms with Crippen molar-refractivity contribution in [2.24, 2.45) is 0 Å². The molecule has 0 saturated carbocycles. The van der Waals surface area contributed by atoms with E-state index in [0.717, 1.165) is 45.7 Å². The van der Waals surface area contributed by atoms with Crippen molar-refractivity contribution in [2.75, 3.05) is 51.5 Å². The number of nitrogens with zero attached hydrogens (tertiary/aromatic N) is 1. The van der Waals surface area contributed by atoms with Crippen LogP contribution < -0.4 is 10.1 Å². The van der Waals surface area contributed by atoms with E-state index in [2.05, 4.69) is 36.5 Å². The van der Waals surface area contributed by atoms with Crippen LogP contribution in [0.2, 0.25) is 0 Å². The van der Waals surface area contributed by atoms with Gasteiger partial charge in [0.1, 0.15) is 12.4 Å². The highest BCUT2D eigenvalue weighted by Crippen LogP contribution is 2.25. The molecule has 0 aliphatic heterocycles. The number of aromatic nitrogens is 1. The summed E-state index contributed by atoms with van der Waals surface area (Å²) in [5.41, 5.74) is 4.97. The molecule has 9 heteroatoms. The predicted molar refractivity (Wildman–Crippen MR) is 153 cm³/mol. The Balaban J connectivity index is 1.12.